The van der Waals surface area contributed by atoms with Gasteiger partial charge in [0.2, 0.25) is 0 Å². The van der Waals surface area contributed by atoms with E-state index in [1.807, 2.05) is 12.1 Å². The highest BCUT2D eigenvalue weighted by atomic mass is 32.1. The van der Waals surface area contributed by atoms with Crippen LogP contribution < -0.4 is 10.6 Å². The number of hydrogen-bond acceptors (Lipinski definition) is 4. The molecule has 1 aliphatic rings. The maximum absolute atomic E-state index is 13.1. The van der Waals surface area contributed by atoms with Gasteiger partial charge in [0, 0.05) is 27.5 Å². The Morgan fingerprint density at radius 2 is 1.69 bits per heavy atom. The van der Waals surface area contributed by atoms with Crippen LogP contribution in [-0.4, -0.2) is 23.5 Å². The van der Waals surface area contributed by atoms with Crippen molar-refractivity contribution >= 4 is 28.9 Å². The fraction of sp³-hybridized carbons (Fsp3) is 0.400. The molecule has 1 atom stereocenters. The third-order valence-electron chi connectivity index (χ3n) is 7.21. The van der Waals surface area contributed by atoms with Crippen LogP contribution in [-0.2, 0) is 17.4 Å². The molecular weight excluding hydrogens is 525 g/mol. The van der Waals surface area contributed by atoms with Crippen molar-refractivity contribution in [1.82, 2.24) is 5.32 Å². The molecule has 2 aromatic carbocycles. The van der Waals surface area contributed by atoms with Crippen molar-refractivity contribution in [1.29, 1.82) is 0 Å². The summed E-state index contributed by atoms with van der Waals surface area (Å²) in [5.74, 6) is -0.873. The molecule has 39 heavy (non-hydrogen) atoms. The maximum atomic E-state index is 13.1. The number of carbonyl (C=O) groups is 2. The van der Waals surface area contributed by atoms with E-state index >= 15 is 0 Å². The molecule has 4 rings (SSSR count). The van der Waals surface area contributed by atoms with E-state index in [1.165, 1.54) is 16.9 Å². The standard InChI is InChI=1S/C30H33F3N2O3S/c1-2-25-24(18-26(39-25)19-8-12-22(13-9-19)30(31,32)33)28(20-6-4-3-5-7-20)35-23-14-10-21(11-15-23)29(38)34-17-16-27(36)37/h8-15,18,20,28,35H,2-7,16-17H2,1H3,(H,34,38)(H,36,37). The fourth-order valence-corrected chi connectivity index (χ4v) is 6.30. The number of nitrogens with one attached hydrogen (secondary N) is 2. The molecule has 0 radical (unpaired) electrons. The van der Waals surface area contributed by atoms with Gasteiger partial charge in [0.25, 0.3) is 5.91 Å². The summed E-state index contributed by atoms with van der Waals surface area (Å²) in [4.78, 5) is 25.2. The van der Waals surface area contributed by atoms with E-state index in [2.05, 4.69) is 23.6 Å². The quantitative estimate of drug-likeness (QED) is 0.236. The summed E-state index contributed by atoms with van der Waals surface area (Å²) >= 11 is 1.63. The van der Waals surface area contributed by atoms with E-state index in [9.17, 15) is 22.8 Å². The Morgan fingerprint density at radius 3 is 2.28 bits per heavy atom. The summed E-state index contributed by atoms with van der Waals surface area (Å²) in [5, 5.41) is 15.1. The lowest BCUT2D eigenvalue weighted by Crippen LogP contribution is -2.26. The van der Waals surface area contributed by atoms with E-state index in [1.54, 1.807) is 35.6 Å². The molecule has 5 nitrogen and oxygen atoms in total. The van der Waals surface area contributed by atoms with Gasteiger partial charge >= 0.3 is 12.1 Å². The number of carboxylic acid groups (broad SMARTS) is 1. The molecule has 1 fully saturated rings. The number of thiophene rings is 1. The van der Waals surface area contributed by atoms with Crippen LogP contribution in [0.5, 0.6) is 0 Å². The number of aliphatic carboxylic acids is 1. The van der Waals surface area contributed by atoms with E-state index in [4.69, 9.17) is 5.11 Å². The first-order valence-electron chi connectivity index (χ1n) is 13.3. The van der Waals surface area contributed by atoms with Crippen LogP contribution in [0, 0.1) is 5.92 Å². The van der Waals surface area contributed by atoms with Gasteiger partial charge in [0.05, 0.1) is 18.0 Å². The second kappa shape index (κ2) is 12.7. The molecule has 3 N–H and O–H groups in total. The number of carboxylic acids is 1. The number of hydrogen-bond donors (Lipinski definition) is 3. The topological polar surface area (TPSA) is 78.4 Å². The molecule has 1 heterocycles. The van der Waals surface area contributed by atoms with Crippen LogP contribution in [0.4, 0.5) is 18.9 Å². The van der Waals surface area contributed by atoms with Crippen molar-refractivity contribution in [2.75, 3.05) is 11.9 Å². The average molecular weight is 559 g/mol. The Labute approximate surface area is 230 Å². The molecule has 1 aliphatic carbocycles. The molecule has 0 spiro atoms. The molecule has 1 unspecified atom stereocenters. The molecule has 3 aromatic rings. The largest absolute Gasteiger partial charge is 0.481 e. The van der Waals surface area contributed by atoms with Gasteiger partial charge in [-0.25, -0.2) is 0 Å². The molecule has 208 valence electrons. The van der Waals surface area contributed by atoms with Crippen molar-refractivity contribution < 1.29 is 27.9 Å². The summed E-state index contributed by atoms with van der Waals surface area (Å²) in [6.07, 6.45) is 2.05. The van der Waals surface area contributed by atoms with Crippen LogP contribution in [0.2, 0.25) is 0 Å². The number of alkyl halides is 3. The van der Waals surface area contributed by atoms with E-state index < -0.39 is 17.7 Å². The highest BCUT2D eigenvalue weighted by Crippen LogP contribution is 2.43. The van der Waals surface area contributed by atoms with Crippen molar-refractivity contribution in [3.63, 3.8) is 0 Å². The second-order valence-corrected chi connectivity index (χ2v) is 11.1. The molecular formula is C30H33F3N2O3S. The van der Waals surface area contributed by atoms with E-state index in [-0.39, 0.29) is 24.9 Å². The van der Waals surface area contributed by atoms with Gasteiger partial charge in [-0.05, 0) is 78.8 Å². The van der Waals surface area contributed by atoms with Gasteiger partial charge in [-0.2, -0.15) is 13.2 Å². The van der Waals surface area contributed by atoms with Gasteiger partial charge in [0.15, 0.2) is 0 Å². The van der Waals surface area contributed by atoms with Gasteiger partial charge < -0.3 is 15.7 Å². The van der Waals surface area contributed by atoms with E-state index in [0.29, 0.717) is 11.5 Å². The smallest absolute Gasteiger partial charge is 0.416 e. The zero-order valence-corrected chi connectivity index (χ0v) is 22.6. The summed E-state index contributed by atoms with van der Waals surface area (Å²) in [7, 11) is 0. The number of halogens is 3. The van der Waals surface area contributed by atoms with Crippen molar-refractivity contribution in [2.24, 2.45) is 5.92 Å². The first kappa shape index (κ1) is 28.7. The Morgan fingerprint density at radius 1 is 1.03 bits per heavy atom. The maximum Gasteiger partial charge on any atom is 0.416 e. The molecule has 9 heteroatoms. The number of amides is 1. The third kappa shape index (κ3) is 7.41. The van der Waals surface area contributed by atoms with Crippen molar-refractivity contribution in [3.8, 4) is 10.4 Å². The van der Waals surface area contributed by atoms with Gasteiger partial charge in [-0.15, -0.1) is 11.3 Å². The van der Waals surface area contributed by atoms with Gasteiger partial charge in [-0.3, -0.25) is 9.59 Å². The van der Waals surface area contributed by atoms with Crippen LogP contribution in [0.3, 0.4) is 0 Å². The molecule has 0 bridgehead atoms. The van der Waals surface area contributed by atoms with E-state index in [0.717, 1.165) is 60.4 Å². The Bertz CT molecular complexity index is 1260. The van der Waals surface area contributed by atoms with Gasteiger partial charge in [0.1, 0.15) is 0 Å². The van der Waals surface area contributed by atoms with Crippen molar-refractivity contribution in [3.05, 3.63) is 76.2 Å². The number of aryl methyl sites for hydroxylation is 1. The second-order valence-electron chi connectivity index (χ2n) is 9.91. The zero-order chi connectivity index (χ0) is 28.0. The lowest BCUT2D eigenvalue weighted by molar-refractivity contribution is -0.138. The molecule has 1 aromatic heterocycles. The number of anilines is 1. The fourth-order valence-electron chi connectivity index (χ4n) is 5.15. The van der Waals surface area contributed by atoms with Crippen molar-refractivity contribution in [2.45, 2.75) is 64.1 Å². The predicted octanol–water partition coefficient (Wildman–Crippen LogP) is 7.93. The van der Waals surface area contributed by atoms with Crippen LogP contribution in [0.15, 0.2) is 54.6 Å². The molecule has 0 saturated heterocycles. The highest BCUT2D eigenvalue weighted by Gasteiger charge is 2.31. The van der Waals surface area contributed by atoms with Crippen LogP contribution in [0.1, 0.15) is 77.9 Å². The predicted molar refractivity (Wildman–Crippen MR) is 148 cm³/mol. The molecule has 0 aliphatic heterocycles. The Balaban J connectivity index is 1.58. The lowest BCUT2D eigenvalue weighted by Gasteiger charge is -2.32. The monoisotopic (exact) mass is 558 g/mol. The first-order chi connectivity index (χ1) is 18.7. The minimum atomic E-state index is -4.36. The minimum absolute atomic E-state index is 0.0370. The molecule has 1 saturated carbocycles. The molecule has 1 amide bonds. The van der Waals surface area contributed by atoms with Crippen LogP contribution in [0.25, 0.3) is 10.4 Å². The summed E-state index contributed by atoms with van der Waals surface area (Å²) in [6, 6.07) is 14.7. The first-order valence-corrected chi connectivity index (χ1v) is 14.1. The zero-order valence-electron chi connectivity index (χ0n) is 21.8. The number of carbonyl (C=O) groups excluding carboxylic acids is 1. The Kier molecular flexibility index (Phi) is 9.32. The van der Waals surface area contributed by atoms with Crippen LogP contribution >= 0.6 is 11.3 Å². The average Bonchev–Trinajstić information content (AvgIpc) is 3.36. The Hall–Kier alpha value is -3.33. The number of rotatable bonds is 10. The summed E-state index contributed by atoms with van der Waals surface area (Å²) < 4.78 is 39.2. The number of benzene rings is 2. The lowest BCUT2D eigenvalue weighted by atomic mass is 9.80. The summed E-state index contributed by atoms with van der Waals surface area (Å²) in [5.41, 5.74) is 2.63. The van der Waals surface area contributed by atoms with Gasteiger partial charge in [-0.1, -0.05) is 38.3 Å². The highest BCUT2D eigenvalue weighted by molar-refractivity contribution is 7.15. The minimum Gasteiger partial charge on any atom is -0.481 e. The summed E-state index contributed by atoms with van der Waals surface area (Å²) in [6.45, 7) is 2.17. The normalized spacial score (nSPS) is 15.1. The SMILES string of the molecule is CCc1sc(-c2ccc(C(F)(F)F)cc2)cc1C(Nc1ccc(C(=O)NCCC(=O)O)cc1)C1CCCCC1. The third-order valence-corrected chi connectivity index (χ3v) is 8.55.